The Morgan fingerprint density at radius 3 is 2.57 bits per heavy atom. The number of benzene rings is 2. The molecule has 0 atom stereocenters. The van der Waals surface area contributed by atoms with Gasteiger partial charge in [-0.15, -0.1) is 0 Å². The second-order valence-corrected chi connectivity index (χ2v) is 5.87. The van der Waals surface area contributed by atoms with E-state index >= 15 is 0 Å². The molecule has 144 valence electrons. The molecule has 0 spiro atoms. The number of nitrogens with zero attached hydrogens (tertiary/aromatic N) is 2. The summed E-state index contributed by atoms with van der Waals surface area (Å²) < 4.78 is 33.2. The average Bonchev–Trinajstić information content (AvgIpc) is 2.67. The van der Waals surface area contributed by atoms with Crippen LogP contribution in [0.2, 0.25) is 0 Å². The third kappa shape index (κ3) is 4.59. The molecule has 2 aromatic carbocycles. The maximum Gasteiger partial charge on any atom is 0.254 e. The lowest BCUT2D eigenvalue weighted by Gasteiger charge is -2.09. The van der Waals surface area contributed by atoms with Gasteiger partial charge < -0.3 is 10.1 Å². The van der Waals surface area contributed by atoms with E-state index in [1.165, 1.54) is 12.4 Å². The summed E-state index contributed by atoms with van der Waals surface area (Å²) in [5.41, 5.74) is 0.422. The zero-order chi connectivity index (χ0) is 20.1. The van der Waals surface area contributed by atoms with Crippen molar-refractivity contribution in [3.8, 4) is 17.0 Å². The zero-order valence-corrected chi connectivity index (χ0v) is 15.0. The molecule has 3 aromatic rings. The van der Waals surface area contributed by atoms with Gasteiger partial charge in [0, 0.05) is 17.7 Å². The summed E-state index contributed by atoms with van der Waals surface area (Å²) in [7, 11) is 0. The van der Waals surface area contributed by atoms with Gasteiger partial charge in [-0.25, -0.2) is 13.8 Å². The Kier molecular flexibility index (Phi) is 5.78. The minimum Gasteiger partial charge on any atom is -0.494 e. The van der Waals surface area contributed by atoms with Gasteiger partial charge in [-0.05, 0) is 43.3 Å². The third-order valence-corrected chi connectivity index (χ3v) is 3.86. The molecule has 0 aliphatic heterocycles. The maximum absolute atomic E-state index is 13.6. The van der Waals surface area contributed by atoms with Crippen LogP contribution in [-0.4, -0.2) is 22.1 Å². The Labute approximate surface area is 159 Å². The van der Waals surface area contributed by atoms with Gasteiger partial charge in [0.2, 0.25) is 5.91 Å². The maximum atomic E-state index is 13.6. The van der Waals surface area contributed by atoms with E-state index < -0.39 is 23.1 Å². The van der Waals surface area contributed by atoms with Crippen LogP contribution < -0.4 is 15.6 Å². The van der Waals surface area contributed by atoms with Gasteiger partial charge in [-0.1, -0.05) is 0 Å². The largest absolute Gasteiger partial charge is 0.494 e. The first-order valence-corrected chi connectivity index (χ1v) is 8.51. The molecule has 1 aromatic heterocycles. The molecule has 0 aliphatic rings. The highest BCUT2D eigenvalue weighted by Gasteiger charge is 2.11. The molecule has 0 saturated heterocycles. The topological polar surface area (TPSA) is 73.2 Å². The summed E-state index contributed by atoms with van der Waals surface area (Å²) in [4.78, 5) is 28.5. The number of ether oxygens (including phenoxy) is 1. The van der Waals surface area contributed by atoms with E-state index in [1.54, 1.807) is 24.3 Å². The molecule has 0 unspecified atom stereocenters. The number of carbonyl (C=O) groups is 1. The van der Waals surface area contributed by atoms with Crippen LogP contribution in [0.15, 0.2) is 59.7 Å². The van der Waals surface area contributed by atoms with Crippen molar-refractivity contribution in [2.24, 2.45) is 0 Å². The standard InChI is InChI=1S/C20H17F2N3O3/c1-2-28-15-6-3-13(4-7-15)17-10-20(27)25(12-23-17)11-19(26)24-18-9-14(21)5-8-16(18)22/h3-10,12H,2,11H2,1H3,(H,24,26). The smallest absolute Gasteiger partial charge is 0.254 e. The first-order chi connectivity index (χ1) is 13.5. The molecule has 0 fully saturated rings. The van der Waals surface area contributed by atoms with Crippen molar-refractivity contribution in [1.82, 2.24) is 9.55 Å². The van der Waals surface area contributed by atoms with E-state index in [0.717, 1.165) is 28.3 Å². The molecule has 3 rings (SSSR count). The van der Waals surface area contributed by atoms with E-state index in [-0.39, 0.29) is 12.2 Å². The van der Waals surface area contributed by atoms with E-state index in [2.05, 4.69) is 10.3 Å². The predicted octanol–water partition coefficient (Wildman–Crippen LogP) is 3.23. The normalized spacial score (nSPS) is 10.5. The number of anilines is 1. The van der Waals surface area contributed by atoms with Crippen molar-refractivity contribution < 1.29 is 18.3 Å². The highest BCUT2D eigenvalue weighted by Crippen LogP contribution is 2.19. The Morgan fingerprint density at radius 1 is 1.14 bits per heavy atom. The Hall–Kier alpha value is -3.55. The molecule has 1 amide bonds. The molecule has 1 heterocycles. The van der Waals surface area contributed by atoms with Gasteiger partial charge in [0.25, 0.3) is 5.56 Å². The molecule has 28 heavy (non-hydrogen) atoms. The van der Waals surface area contributed by atoms with Crippen molar-refractivity contribution in [3.05, 3.63) is 76.8 Å². The number of carbonyl (C=O) groups excluding carboxylic acids is 1. The third-order valence-electron chi connectivity index (χ3n) is 3.86. The summed E-state index contributed by atoms with van der Waals surface area (Å²) in [6.07, 6.45) is 1.23. The Morgan fingerprint density at radius 2 is 1.89 bits per heavy atom. The van der Waals surface area contributed by atoms with Crippen LogP contribution >= 0.6 is 0 Å². The highest BCUT2D eigenvalue weighted by atomic mass is 19.1. The van der Waals surface area contributed by atoms with Gasteiger partial charge in [0.1, 0.15) is 23.9 Å². The Balaban J connectivity index is 1.72. The molecule has 0 saturated carbocycles. The number of nitrogens with one attached hydrogen (secondary N) is 1. The zero-order valence-electron chi connectivity index (χ0n) is 15.0. The average molecular weight is 385 g/mol. The molecule has 6 nitrogen and oxygen atoms in total. The number of halogens is 2. The van der Waals surface area contributed by atoms with Crippen molar-refractivity contribution in [2.45, 2.75) is 13.5 Å². The molecular formula is C20H17F2N3O3. The fraction of sp³-hybridized carbons (Fsp3) is 0.150. The minimum atomic E-state index is -0.772. The molecule has 0 aliphatic carbocycles. The van der Waals surface area contributed by atoms with E-state index in [0.29, 0.717) is 18.1 Å². The lowest BCUT2D eigenvalue weighted by atomic mass is 10.1. The SMILES string of the molecule is CCOc1ccc(-c2cc(=O)n(CC(=O)Nc3cc(F)ccc3F)cn2)cc1. The quantitative estimate of drug-likeness (QED) is 0.707. The fourth-order valence-corrected chi connectivity index (χ4v) is 2.53. The van der Waals surface area contributed by atoms with Crippen LogP contribution in [0, 0.1) is 11.6 Å². The molecular weight excluding hydrogens is 368 g/mol. The second-order valence-electron chi connectivity index (χ2n) is 5.87. The minimum absolute atomic E-state index is 0.294. The van der Waals surface area contributed by atoms with Crippen LogP contribution in [0.3, 0.4) is 0 Å². The number of aromatic nitrogens is 2. The van der Waals surface area contributed by atoms with Crippen LogP contribution in [0.1, 0.15) is 6.92 Å². The van der Waals surface area contributed by atoms with Gasteiger partial charge in [-0.3, -0.25) is 14.2 Å². The highest BCUT2D eigenvalue weighted by molar-refractivity contribution is 5.90. The summed E-state index contributed by atoms with van der Waals surface area (Å²) in [5, 5.41) is 2.24. The van der Waals surface area contributed by atoms with Crippen molar-refractivity contribution in [2.75, 3.05) is 11.9 Å². The fourth-order valence-electron chi connectivity index (χ4n) is 2.53. The molecule has 0 radical (unpaired) electrons. The van der Waals surface area contributed by atoms with Crippen molar-refractivity contribution >= 4 is 11.6 Å². The number of rotatable bonds is 6. The molecule has 8 heteroatoms. The van der Waals surface area contributed by atoms with E-state index in [9.17, 15) is 18.4 Å². The Bertz CT molecular complexity index is 1050. The van der Waals surface area contributed by atoms with E-state index in [4.69, 9.17) is 4.74 Å². The number of hydrogen-bond donors (Lipinski definition) is 1. The van der Waals surface area contributed by atoms with E-state index in [1.807, 2.05) is 6.92 Å². The summed E-state index contributed by atoms with van der Waals surface area (Å²) >= 11 is 0. The summed E-state index contributed by atoms with van der Waals surface area (Å²) in [6.45, 7) is 2.05. The first-order valence-electron chi connectivity index (χ1n) is 8.51. The summed E-state index contributed by atoms with van der Waals surface area (Å²) in [5.74, 6) is -1.43. The van der Waals surface area contributed by atoms with Crippen molar-refractivity contribution in [1.29, 1.82) is 0 Å². The molecule has 1 N–H and O–H groups in total. The van der Waals surface area contributed by atoms with Gasteiger partial charge >= 0.3 is 0 Å². The monoisotopic (exact) mass is 385 g/mol. The lowest BCUT2D eigenvalue weighted by molar-refractivity contribution is -0.116. The van der Waals surface area contributed by atoms with Crippen molar-refractivity contribution in [3.63, 3.8) is 0 Å². The first kappa shape index (κ1) is 19.2. The number of amides is 1. The summed E-state index contributed by atoms with van der Waals surface area (Å²) in [6, 6.07) is 11.1. The van der Waals surface area contributed by atoms with Crippen LogP contribution in [-0.2, 0) is 11.3 Å². The van der Waals surface area contributed by atoms with Gasteiger partial charge in [0.15, 0.2) is 0 Å². The van der Waals surface area contributed by atoms with Crippen LogP contribution in [0.25, 0.3) is 11.3 Å². The lowest BCUT2D eigenvalue weighted by Crippen LogP contribution is -2.27. The second kappa shape index (κ2) is 8.43. The number of hydrogen-bond acceptors (Lipinski definition) is 4. The van der Waals surface area contributed by atoms with Crippen LogP contribution in [0.4, 0.5) is 14.5 Å². The predicted molar refractivity (Wildman–Crippen MR) is 100 cm³/mol. The van der Waals surface area contributed by atoms with Crippen LogP contribution in [0.5, 0.6) is 5.75 Å². The van der Waals surface area contributed by atoms with Gasteiger partial charge in [-0.2, -0.15) is 0 Å². The molecule has 0 bridgehead atoms. The van der Waals surface area contributed by atoms with Gasteiger partial charge in [0.05, 0.1) is 24.3 Å².